The summed E-state index contributed by atoms with van der Waals surface area (Å²) in [4.78, 5) is 0.104. The molecule has 0 saturated carbocycles. The Bertz CT molecular complexity index is 1080. The third-order valence-corrected chi connectivity index (χ3v) is 5.87. The zero-order valence-corrected chi connectivity index (χ0v) is 17.6. The fourth-order valence-electron chi connectivity index (χ4n) is 2.96. The number of hydrogen-bond acceptors (Lipinski definition) is 5. The molecule has 3 aromatic carbocycles. The molecule has 0 heterocycles. The highest BCUT2D eigenvalue weighted by atomic mass is 32.2. The lowest BCUT2D eigenvalue weighted by Crippen LogP contribution is -2.11. The van der Waals surface area contributed by atoms with Crippen LogP contribution < -0.4 is 14.2 Å². The molecule has 0 unspecified atom stereocenters. The second-order valence-corrected chi connectivity index (χ2v) is 8.25. The molecule has 3 rings (SSSR count). The maximum absolute atomic E-state index is 12.6. The van der Waals surface area contributed by atoms with Gasteiger partial charge in [0.05, 0.1) is 7.11 Å². The first-order valence-corrected chi connectivity index (χ1v) is 10.8. The van der Waals surface area contributed by atoms with Crippen molar-refractivity contribution in [1.82, 2.24) is 0 Å². The zero-order valence-electron chi connectivity index (χ0n) is 16.8. The van der Waals surface area contributed by atoms with Crippen LogP contribution in [0.1, 0.15) is 23.6 Å². The van der Waals surface area contributed by atoms with Gasteiger partial charge in [-0.2, -0.15) is 8.42 Å². The third kappa shape index (κ3) is 5.09. The summed E-state index contributed by atoms with van der Waals surface area (Å²) in [5, 5.41) is 3.42. The van der Waals surface area contributed by atoms with Gasteiger partial charge >= 0.3 is 10.1 Å². The molecule has 0 aromatic heterocycles. The average Bonchev–Trinajstić information content (AvgIpc) is 2.73. The van der Waals surface area contributed by atoms with Gasteiger partial charge in [-0.15, -0.1) is 0 Å². The Kier molecular flexibility index (Phi) is 6.44. The summed E-state index contributed by atoms with van der Waals surface area (Å²) in [6.07, 6.45) is 0.941. The van der Waals surface area contributed by atoms with Crippen LogP contribution >= 0.6 is 0 Å². The zero-order chi connectivity index (χ0) is 20.9. The van der Waals surface area contributed by atoms with Crippen LogP contribution in [0.15, 0.2) is 71.6 Å². The Morgan fingerprint density at radius 3 is 2.34 bits per heavy atom. The minimum Gasteiger partial charge on any atom is -0.493 e. The Hall–Kier alpha value is -2.99. The summed E-state index contributed by atoms with van der Waals surface area (Å²) >= 11 is 0. The molecule has 0 aliphatic rings. The molecule has 0 amide bonds. The molecule has 0 bridgehead atoms. The van der Waals surface area contributed by atoms with Crippen LogP contribution in [-0.4, -0.2) is 15.5 Å². The second kappa shape index (κ2) is 9.01. The first kappa shape index (κ1) is 20.7. The van der Waals surface area contributed by atoms with Crippen molar-refractivity contribution in [2.75, 3.05) is 12.4 Å². The van der Waals surface area contributed by atoms with Crippen LogP contribution in [0.4, 0.5) is 5.69 Å². The van der Waals surface area contributed by atoms with Gasteiger partial charge in [0.2, 0.25) is 0 Å². The van der Waals surface area contributed by atoms with Crippen LogP contribution in [0.3, 0.4) is 0 Å². The lowest BCUT2D eigenvalue weighted by Gasteiger charge is -2.14. The summed E-state index contributed by atoms with van der Waals surface area (Å²) in [5.41, 5.74) is 4.25. The SMILES string of the molecule is CCc1ccccc1NCc1ccc(OS(=O)(=O)c2ccc(C)cc2)c(OC)c1. The summed E-state index contributed by atoms with van der Waals surface area (Å²) < 4.78 is 35.8. The van der Waals surface area contributed by atoms with E-state index in [9.17, 15) is 8.42 Å². The van der Waals surface area contributed by atoms with Crippen molar-refractivity contribution in [3.05, 3.63) is 83.4 Å². The van der Waals surface area contributed by atoms with Crippen molar-refractivity contribution in [3.8, 4) is 11.5 Å². The van der Waals surface area contributed by atoms with Gasteiger partial charge in [-0.25, -0.2) is 0 Å². The molecule has 0 radical (unpaired) electrons. The summed E-state index contributed by atoms with van der Waals surface area (Å²) in [7, 11) is -2.45. The lowest BCUT2D eigenvalue weighted by molar-refractivity contribution is 0.390. The van der Waals surface area contributed by atoms with Crippen LogP contribution in [0.2, 0.25) is 0 Å². The van der Waals surface area contributed by atoms with Crippen molar-refractivity contribution in [3.63, 3.8) is 0 Å². The predicted octanol–water partition coefficient (Wildman–Crippen LogP) is 4.95. The Balaban J connectivity index is 1.77. The quantitative estimate of drug-likeness (QED) is 0.532. The first-order chi connectivity index (χ1) is 13.9. The number of para-hydroxylation sites is 1. The van der Waals surface area contributed by atoms with Crippen molar-refractivity contribution in [1.29, 1.82) is 0 Å². The minimum absolute atomic E-state index is 0.104. The van der Waals surface area contributed by atoms with Gasteiger partial charge in [0.15, 0.2) is 11.5 Å². The molecule has 0 aliphatic heterocycles. The van der Waals surface area contributed by atoms with Gasteiger partial charge in [-0.05, 0) is 54.8 Å². The first-order valence-electron chi connectivity index (χ1n) is 9.43. The van der Waals surface area contributed by atoms with Crippen molar-refractivity contribution >= 4 is 15.8 Å². The number of aryl methyl sites for hydroxylation is 2. The standard InChI is InChI=1S/C23H25NO4S/c1-4-19-7-5-6-8-21(19)24-16-18-11-14-22(23(15-18)27-3)28-29(25,26)20-12-9-17(2)10-13-20/h5-15,24H,4,16H2,1-3H3. The van der Waals surface area contributed by atoms with E-state index in [2.05, 4.69) is 18.3 Å². The fraction of sp³-hybridized carbons (Fsp3) is 0.217. The lowest BCUT2D eigenvalue weighted by atomic mass is 10.1. The van der Waals surface area contributed by atoms with E-state index in [0.29, 0.717) is 12.3 Å². The number of methoxy groups -OCH3 is 1. The van der Waals surface area contributed by atoms with E-state index in [-0.39, 0.29) is 10.6 Å². The Labute approximate surface area is 172 Å². The number of nitrogens with one attached hydrogen (secondary N) is 1. The molecule has 5 nitrogen and oxygen atoms in total. The van der Waals surface area contributed by atoms with Gasteiger partial charge in [0.1, 0.15) is 4.90 Å². The van der Waals surface area contributed by atoms with Crippen LogP contribution in [0.5, 0.6) is 11.5 Å². The Morgan fingerprint density at radius 1 is 0.931 bits per heavy atom. The molecule has 0 atom stereocenters. The molecular formula is C23H25NO4S. The van der Waals surface area contributed by atoms with Gasteiger partial charge in [-0.3, -0.25) is 0 Å². The number of benzene rings is 3. The average molecular weight is 412 g/mol. The third-order valence-electron chi connectivity index (χ3n) is 4.62. The molecule has 3 aromatic rings. The second-order valence-electron chi connectivity index (χ2n) is 6.70. The molecule has 29 heavy (non-hydrogen) atoms. The van der Waals surface area contributed by atoms with E-state index in [1.54, 1.807) is 24.3 Å². The molecule has 0 saturated heterocycles. The minimum atomic E-state index is -3.94. The molecule has 0 spiro atoms. The molecule has 6 heteroatoms. The van der Waals surface area contributed by atoms with E-state index in [0.717, 1.165) is 23.2 Å². The highest BCUT2D eigenvalue weighted by Crippen LogP contribution is 2.31. The smallest absolute Gasteiger partial charge is 0.339 e. The summed E-state index contributed by atoms with van der Waals surface area (Å²) in [6, 6.07) is 19.9. The largest absolute Gasteiger partial charge is 0.493 e. The molecule has 1 N–H and O–H groups in total. The highest BCUT2D eigenvalue weighted by Gasteiger charge is 2.19. The van der Waals surface area contributed by atoms with Crippen LogP contribution in [0, 0.1) is 6.92 Å². The van der Waals surface area contributed by atoms with Crippen molar-refractivity contribution in [2.24, 2.45) is 0 Å². The monoisotopic (exact) mass is 411 g/mol. The predicted molar refractivity (Wildman–Crippen MR) is 115 cm³/mol. The maximum atomic E-state index is 12.6. The maximum Gasteiger partial charge on any atom is 0.339 e. The van der Waals surface area contributed by atoms with Gasteiger partial charge in [-0.1, -0.05) is 48.9 Å². The Morgan fingerprint density at radius 2 is 1.66 bits per heavy atom. The molecule has 0 fully saturated rings. The van der Waals surface area contributed by atoms with E-state index >= 15 is 0 Å². The van der Waals surface area contributed by atoms with Crippen molar-refractivity contribution < 1.29 is 17.3 Å². The highest BCUT2D eigenvalue weighted by molar-refractivity contribution is 7.87. The molecular weight excluding hydrogens is 386 g/mol. The van der Waals surface area contributed by atoms with E-state index in [1.807, 2.05) is 31.2 Å². The molecule has 0 aliphatic carbocycles. The fourth-order valence-corrected chi connectivity index (χ4v) is 3.90. The number of hydrogen-bond donors (Lipinski definition) is 1. The van der Waals surface area contributed by atoms with Crippen molar-refractivity contribution in [2.45, 2.75) is 31.7 Å². The van der Waals surface area contributed by atoms with Gasteiger partial charge in [0, 0.05) is 12.2 Å². The van der Waals surface area contributed by atoms with Gasteiger partial charge < -0.3 is 14.2 Å². The van der Waals surface area contributed by atoms with Crippen LogP contribution in [0.25, 0.3) is 0 Å². The van der Waals surface area contributed by atoms with Gasteiger partial charge in [0.25, 0.3) is 0 Å². The summed E-state index contributed by atoms with van der Waals surface area (Å²) in [5.74, 6) is 0.523. The number of ether oxygens (including phenoxy) is 1. The molecule has 152 valence electrons. The summed E-state index contributed by atoms with van der Waals surface area (Å²) in [6.45, 7) is 4.59. The number of rotatable bonds is 8. The topological polar surface area (TPSA) is 64.6 Å². The normalized spacial score (nSPS) is 11.1. The van der Waals surface area contributed by atoms with E-state index in [4.69, 9.17) is 8.92 Å². The van der Waals surface area contributed by atoms with E-state index < -0.39 is 10.1 Å². The number of anilines is 1. The van der Waals surface area contributed by atoms with E-state index in [1.165, 1.54) is 24.8 Å². The van der Waals surface area contributed by atoms with Crippen LogP contribution in [-0.2, 0) is 23.1 Å².